The number of carbonyl (C=O) groups excluding carboxylic acids is 3. The number of hydrogen-bond acceptors (Lipinski definition) is 7. The number of aromatic amines is 2. The van der Waals surface area contributed by atoms with Gasteiger partial charge < -0.3 is 41.9 Å². The van der Waals surface area contributed by atoms with Crippen LogP contribution in [0.3, 0.4) is 0 Å². The molecule has 4 atom stereocenters. The van der Waals surface area contributed by atoms with Crippen molar-refractivity contribution in [3.8, 4) is 0 Å². The fraction of sp³-hybridized carbons (Fsp3) is 0.290. The van der Waals surface area contributed by atoms with E-state index in [9.17, 15) is 29.1 Å². The van der Waals surface area contributed by atoms with Crippen LogP contribution in [0, 0.1) is 0 Å². The number of aliphatic carboxylic acids is 2. The number of rotatable bonds is 16. The van der Waals surface area contributed by atoms with E-state index in [0.29, 0.717) is 16.8 Å². The van der Waals surface area contributed by atoms with E-state index in [1.807, 2.05) is 24.3 Å². The first-order valence-electron chi connectivity index (χ1n) is 14.3. The summed E-state index contributed by atoms with van der Waals surface area (Å²) in [6.07, 6.45) is 4.06. The van der Waals surface area contributed by atoms with Crippen LogP contribution in [-0.2, 0) is 43.2 Å². The number of nitrogens with one attached hydrogen (secondary N) is 5. The quantitative estimate of drug-likeness (QED) is 0.0880. The summed E-state index contributed by atoms with van der Waals surface area (Å²) in [6.45, 7) is 0. The zero-order valence-electron chi connectivity index (χ0n) is 24.2. The van der Waals surface area contributed by atoms with Crippen LogP contribution in [0.1, 0.15) is 29.7 Å². The van der Waals surface area contributed by atoms with E-state index >= 15 is 0 Å². The smallest absolute Gasteiger partial charge is 0.326 e. The molecule has 0 aliphatic rings. The number of hydrogen-bond donors (Lipinski definition) is 8. The summed E-state index contributed by atoms with van der Waals surface area (Å²) in [5, 5.41) is 27.5. The molecular formula is C31H35N7O7. The van der Waals surface area contributed by atoms with Gasteiger partial charge in [-0.25, -0.2) is 9.78 Å². The van der Waals surface area contributed by atoms with E-state index in [2.05, 4.69) is 30.9 Å². The third-order valence-corrected chi connectivity index (χ3v) is 7.25. The lowest BCUT2D eigenvalue weighted by Gasteiger charge is -2.25. The predicted octanol–water partition coefficient (Wildman–Crippen LogP) is 0.650. The van der Waals surface area contributed by atoms with Gasteiger partial charge in [-0.1, -0.05) is 48.5 Å². The van der Waals surface area contributed by atoms with Crippen molar-refractivity contribution in [2.75, 3.05) is 0 Å². The van der Waals surface area contributed by atoms with Gasteiger partial charge in [0.25, 0.3) is 0 Å². The molecule has 4 unspecified atom stereocenters. The van der Waals surface area contributed by atoms with E-state index in [-0.39, 0.29) is 32.1 Å². The number of benzene rings is 2. The fourth-order valence-corrected chi connectivity index (χ4v) is 4.84. The number of amides is 3. The number of nitrogens with zero attached hydrogens (tertiary/aromatic N) is 1. The summed E-state index contributed by atoms with van der Waals surface area (Å²) >= 11 is 0. The molecule has 2 aromatic heterocycles. The van der Waals surface area contributed by atoms with Crippen molar-refractivity contribution in [3.05, 3.63) is 90.1 Å². The molecule has 0 radical (unpaired) electrons. The van der Waals surface area contributed by atoms with Crippen LogP contribution >= 0.6 is 0 Å². The number of carbonyl (C=O) groups is 5. The highest BCUT2D eigenvalue weighted by Crippen LogP contribution is 2.19. The first kappa shape index (κ1) is 32.4. The lowest BCUT2D eigenvalue weighted by atomic mass is 10.0. The lowest BCUT2D eigenvalue weighted by Crippen LogP contribution is -2.58. The van der Waals surface area contributed by atoms with Crippen molar-refractivity contribution in [2.24, 2.45) is 5.73 Å². The maximum absolute atomic E-state index is 13.7. The number of imidazole rings is 1. The Kier molecular flexibility index (Phi) is 11.0. The largest absolute Gasteiger partial charge is 0.481 e. The third-order valence-electron chi connectivity index (χ3n) is 7.25. The third kappa shape index (κ3) is 9.24. The Balaban J connectivity index is 1.53. The molecule has 4 aromatic rings. The number of carboxylic acids is 2. The van der Waals surface area contributed by atoms with Gasteiger partial charge in [-0.2, -0.15) is 0 Å². The summed E-state index contributed by atoms with van der Waals surface area (Å²) in [5.74, 6) is -4.58. The maximum atomic E-state index is 13.7. The topological polar surface area (TPSA) is 232 Å². The van der Waals surface area contributed by atoms with Crippen molar-refractivity contribution >= 4 is 40.6 Å². The summed E-state index contributed by atoms with van der Waals surface area (Å²) in [7, 11) is 0. The van der Waals surface area contributed by atoms with E-state index in [1.165, 1.54) is 12.5 Å². The Morgan fingerprint density at radius 1 is 0.778 bits per heavy atom. The van der Waals surface area contributed by atoms with Gasteiger partial charge in [-0.05, 0) is 23.6 Å². The van der Waals surface area contributed by atoms with Gasteiger partial charge in [0.1, 0.15) is 18.1 Å². The minimum absolute atomic E-state index is 0.0171. The minimum Gasteiger partial charge on any atom is -0.481 e. The first-order chi connectivity index (χ1) is 21.6. The number of H-pyrrole nitrogens is 2. The van der Waals surface area contributed by atoms with Gasteiger partial charge in [-0.3, -0.25) is 19.2 Å². The van der Waals surface area contributed by atoms with Crippen molar-refractivity contribution in [1.82, 2.24) is 30.9 Å². The molecule has 14 nitrogen and oxygen atoms in total. The number of nitrogens with two attached hydrogens (primary N) is 1. The highest BCUT2D eigenvalue weighted by Gasteiger charge is 2.31. The Labute approximate surface area is 257 Å². The summed E-state index contributed by atoms with van der Waals surface area (Å²) in [5.41, 5.74) is 8.60. The molecule has 9 N–H and O–H groups in total. The second kappa shape index (κ2) is 15.3. The van der Waals surface area contributed by atoms with E-state index in [0.717, 1.165) is 10.9 Å². The molecule has 0 aliphatic carbocycles. The van der Waals surface area contributed by atoms with Gasteiger partial charge in [0, 0.05) is 54.7 Å². The predicted molar refractivity (Wildman–Crippen MR) is 163 cm³/mol. The van der Waals surface area contributed by atoms with Crippen molar-refractivity contribution < 1.29 is 34.2 Å². The summed E-state index contributed by atoms with van der Waals surface area (Å²) in [4.78, 5) is 73.1. The van der Waals surface area contributed by atoms with Crippen LogP contribution in [-0.4, -0.2) is 79.0 Å². The fourth-order valence-electron chi connectivity index (χ4n) is 4.84. The maximum Gasteiger partial charge on any atom is 0.326 e. The monoisotopic (exact) mass is 617 g/mol. The molecule has 0 saturated carbocycles. The van der Waals surface area contributed by atoms with Crippen molar-refractivity contribution in [1.29, 1.82) is 0 Å². The summed E-state index contributed by atoms with van der Waals surface area (Å²) in [6, 6.07) is 11.3. The average Bonchev–Trinajstić information content (AvgIpc) is 3.69. The normalized spacial score (nSPS) is 13.7. The van der Waals surface area contributed by atoms with E-state index in [1.54, 1.807) is 36.5 Å². The van der Waals surface area contributed by atoms with Crippen molar-refractivity contribution in [2.45, 2.75) is 56.3 Å². The summed E-state index contributed by atoms with van der Waals surface area (Å²) < 4.78 is 0. The van der Waals surface area contributed by atoms with Crippen LogP contribution in [0.5, 0.6) is 0 Å². The number of aromatic nitrogens is 3. The second-order valence-corrected chi connectivity index (χ2v) is 10.6. The molecule has 2 aromatic carbocycles. The molecule has 236 valence electrons. The zero-order chi connectivity index (χ0) is 32.3. The molecule has 4 rings (SSSR count). The lowest BCUT2D eigenvalue weighted by molar-refractivity contribution is -0.142. The number of fused-ring (bicyclic) bond motifs is 1. The van der Waals surface area contributed by atoms with Crippen LogP contribution in [0.2, 0.25) is 0 Å². The molecule has 0 saturated heterocycles. The Bertz CT molecular complexity index is 1620. The van der Waals surface area contributed by atoms with Crippen LogP contribution in [0.15, 0.2) is 73.3 Å². The van der Waals surface area contributed by atoms with E-state index < -0.39 is 53.8 Å². The number of carboxylic acid groups (broad SMARTS) is 2. The Hall–Kier alpha value is -5.50. The molecule has 0 aliphatic heterocycles. The molecular weight excluding hydrogens is 582 g/mol. The van der Waals surface area contributed by atoms with E-state index in [4.69, 9.17) is 10.8 Å². The molecule has 45 heavy (non-hydrogen) atoms. The zero-order valence-corrected chi connectivity index (χ0v) is 24.2. The second-order valence-electron chi connectivity index (χ2n) is 10.6. The molecule has 0 bridgehead atoms. The van der Waals surface area contributed by atoms with Gasteiger partial charge in [0.05, 0.1) is 12.4 Å². The van der Waals surface area contributed by atoms with Crippen LogP contribution in [0.25, 0.3) is 10.9 Å². The van der Waals surface area contributed by atoms with Crippen LogP contribution in [0.4, 0.5) is 0 Å². The molecule has 0 spiro atoms. The van der Waals surface area contributed by atoms with Gasteiger partial charge in [-0.15, -0.1) is 0 Å². The first-order valence-corrected chi connectivity index (χ1v) is 14.3. The number of para-hydroxylation sites is 1. The average molecular weight is 618 g/mol. The molecule has 3 amide bonds. The Morgan fingerprint density at radius 2 is 1.42 bits per heavy atom. The molecule has 14 heteroatoms. The van der Waals surface area contributed by atoms with Crippen molar-refractivity contribution in [3.63, 3.8) is 0 Å². The molecule has 0 fully saturated rings. The van der Waals surface area contributed by atoms with Crippen LogP contribution < -0.4 is 21.7 Å². The van der Waals surface area contributed by atoms with Gasteiger partial charge in [0.2, 0.25) is 17.7 Å². The highest BCUT2D eigenvalue weighted by atomic mass is 16.4. The SMILES string of the molecule is NC(CCC(=O)O)C(=O)NC(Cc1ccccc1)C(=O)NC(Cc1cnc[nH]1)C(=O)NC(Cc1c[nH]c2ccccc12)C(=O)O. The minimum atomic E-state index is -1.31. The standard InChI is InChI=1S/C31H35N7O7/c32-22(10-11-27(39)40)28(41)36-24(12-18-6-2-1-3-7-18)29(42)37-25(14-20-16-33-17-35-20)30(43)38-26(31(44)45)13-19-15-34-23-9-5-4-8-21(19)23/h1-9,15-17,22,24-26,34H,10-14,32H2,(H,33,35)(H,36,41)(H,37,42)(H,38,43)(H,39,40)(H,44,45). The molecule has 2 heterocycles. The van der Waals surface area contributed by atoms with Gasteiger partial charge >= 0.3 is 11.9 Å². The highest BCUT2D eigenvalue weighted by molar-refractivity contribution is 5.94. The Morgan fingerprint density at radius 3 is 2.09 bits per heavy atom. The van der Waals surface area contributed by atoms with Gasteiger partial charge in [0.15, 0.2) is 0 Å².